The molecule has 0 saturated heterocycles. The molecule has 0 saturated carbocycles. The Morgan fingerprint density at radius 3 is 2.62 bits per heavy atom. The number of nitrogens with one attached hydrogen (secondary N) is 1. The number of benzene rings is 2. The average Bonchev–Trinajstić information content (AvgIpc) is 2.55. The number of ether oxygens (including phenoxy) is 1. The number of nitriles is 1. The Balaban J connectivity index is 2.30. The first-order chi connectivity index (χ1) is 11.4. The van der Waals surface area contributed by atoms with Crippen molar-refractivity contribution in [2.75, 3.05) is 11.1 Å². The lowest BCUT2D eigenvalue weighted by atomic mass is 10.1. The van der Waals surface area contributed by atoms with Gasteiger partial charge in [0.15, 0.2) is 0 Å². The van der Waals surface area contributed by atoms with Gasteiger partial charge in [-0.3, -0.25) is 0 Å². The van der Waals surface area contributed by atoms with Gasteiger partial charge in [-0.15, -0.1) is 0 Å². The van der Waals surface area contributed by atoms with Gasteiger partial charge in [0, 0.05) is 16.9 Å². The minimum absolute atomic E-state index is 0.499. The van der Waals surface area contributed by atoms with Gasteiger partial charge in [0.25, 0.3) is 0 Å². The molecule has 0 spiro atoms. The summed E-state index contributed by atoms with van der Waals surface area (Å²) in [6.45, 7) is 3.65. The van der Waals surface area contributed by atoms with E-state index < -0.39 is 6.03 Å². The fourth-order valence-corrected chi connectivity index (χ4v) is 2.21. The Kier molecular flexibility index (Phi) is 5.07. The highest BCUT2D eigenvalue weighted by Gasteiger charge is 2.10. The summed E-state index contributed by atoms with van der Waals surface area (Å²) in [5.74, 6) is 1.12. The van der Waals surface area contributed by atoms with Crippen molar-refractivity contribution in [2.45, 2.75) is 13.8 Å². The van der Waals surface area contributed by atoms with E-state index in [1.807, 2.05) is 13.8 Å². The Morgan fingerprint density at radius 1 is 1.29 bits per heavy atom. The molecule has 0 aliphatic heterocycles. The van der Waals surface area contributed by atoms with Gasteiger partial charge in [-0.05, 0) is 61.9 Å². The SMILES string of the molecule is C/C=C(/Oc1ccc(NC(N)=O)c(C)c1)c1cc(C#N)ccc1N. The second-order valence-corrected chi connectivity index (χ2v) is 5.13. The van der Waals surface area contributed by atoms with Crippen LogP contribution in [-0.2, 0) is 0 Å². The van der Waals surface area contributed by atoms with Crippen molar-refractivity contribution in [1.29, 1.82) is 5.26 Å². The standard InChI is InChI=1S/C18H18N4O2/c1-3-17(14-9-12(10-19)4-6-15(14)20)24-13-5-7-16(11(2)8-13)22-18(21)23/h3-9H,20H2,1-2H3,(H3,21,22,23)/b17-3+. The van der Waals surface area contributed by atoms with Gasteiger partial charge < -0.3 is 21.5 Å². The van der Waals surface area contributed by atoms with Crippen molar-refractivity contribution < 1.29 is 9.53 Å². The Bertz CT molecular complexity index is 851. The molecule has 5 N–H and O–H groups in total. The topological polar surface area (TPSA) is 114 Å². The molecule has 2 rings (SSSR count). The molecule has 2 aromatic rings. The third-order valence-electron chi connectivity index (χ3n) is 3.39. The molecule has 0 bridgehead atoms. The number of nitrogens with zero attached hydrogens (tertiary/aromatic N) is 1. The third kappa shape index (κ3) is 3.84. The predicted molar refractivity (Wildman–Crippen MR) is 94.2 cm³/mol. The highest BCUT2D eigenvalue weighted by Crippen LogP contribution is 2.28. The number of nitrogens with two attached hydrogens (primary N) is 2. The van der Waals surface area contributed by atoms with E-state index in [1.54, 1.807) is 42.5 Å². The molecule has 2 aromatic carbocycles. The molecule has 122 valence electrons. The van der Waals surface area contributed by atoms with E-state index in [4.69, 9.17) is 21.5 Å². The first-order valence-corrected chi connectivity index (χ1v) is 7.26. The normalized spacial score (nSPS) is 10.8. The largest absolute Gasteiger partial charge is 0.457 e. The Morgan fingerprint density at radius 2 is 2.04 bits per heavy atom. The highest BCUT2D eigenvalue weighted by molar-refractivity contribution is 5.88. The zero-order chi connectivity index (χ0) is 17.7. The molecule has 0 aromatic heterocycles. The van der Waals surface area contributed by atoms with Crippen LogP contribution >= 0.6 is 0 Å². The number of rotatable bonds is 4. The van der Waals surface area contributed by atoms with Gasteiger partial charge in [0.2, 0.25) is 0 Å². The van der Waals surface area contributed by atoms with Crippen LogP contribution in [0.5, 0.6) is 5.75 Å². The second kappa shape index (κ2) is 7.20. The molecule has 0 radical (unpaired) electrons. The van der Waals surface area contributed by atoms with E-state index >= 15 is 0 Å². The van der Waals surface area contributed by atoms with Crippen molar-refractivity contribution in [1.82, 2.24) is 0 Å². The molecule has 0 aliphatic carbocycles. The number of primary amides is 1. The Hall–Kier alpha value is -3.46. The number of amides is 2. The number of aryl methyl sites for hydroxylation is 1. The lowest BCUT2D eigenvalue weighted by Gasteiger charge is -2.14. The van der Waals surface area contributed by atoms with Crippen LogP contribution in [0.2, 0.25) is 0 Å². The van der Waals surface area contributed by atoms with Crippen molar-refractivity contribution in [2.24, 2.45) is 5.73 Å². The van der Waals surface area contributed by atoms with Crippen LogP contribution in [-0.4, -0.2) is 6.03 Å². The van der Waals surface area contributed by atoms with Gasteiger partial charge in [0.1, 0.15) is 11.5 Å². The molecule has 0 heterocycles. The first-order valence-electron chi connectivity index (χ1n) is 7.26. The molecule has 0 unspecified atom stereocenters. The quantitative estimate of drug-likeness (QED) is 0.591. The summed E-state index contributed by atoms with van der Waals surface area (Å²) < 4.78 is 5.90. The van der Waals surface area contributed by atoms with Crippen LogP contribution in [0, 0.1) is 18.3 Å². The summed E-state index contributed by atoms with van der Waals surface area (Å²) in [6, 6.07) is 11.7. The maximum atomic E-state index is 10.9. The van der Waals surface area contributed by atoms with E-state index in [0.29, 0.717) is 34.0 Å². The van der Waals surface area contributed by atoms with E-state index in [-0.39, 0.29) is 0 Å². The van der Waals surface area contributed by atoms with E-state index in [0.717, 1.165) is 5.56 Å². The first kappa shape index (κ1) is 16.9. The Labute approximate surface area is 140 Å². The molecule has 24 heavy (non-hydrogen) atoms. The van der Waals surface area contributed by atoms with Gasteiger partial charge in [-0.1, -0.05) is 0 Å². The van der Waals surface area contributed by atoms with Crippen molar-refractivity contribution in [3.63, 3.8) is 0 Å². The number of carbonyl (C=O) groups is 1. The monoisotopic (exact) mass is 322 g/mol. The number of carbonyl (C=O) groups excluding carboxylic acids is 1. The van der Waals surface area contributed by atoms with Gasteiger partial charge in [-0.25, -0.2) is 4.79 Å². The summed E-state index contributed by atoms with van der Waals surface area (Å²) >= 11 is 0. The molecule has 2 amide bonds. The number of urea groups is 1. The predicted octanol–water partition coefficient (Wildman–Crippen LogP) is 3.38. The number of hydrogen-bond acceptors (Lipinski definition) is 4. The summed E-state index contributed by atoms with van der Waals surface area (Å²) in [4.78, 5) is 10.9. The third-order valence-corrected chi connectivity index (χ3v) is 3.39. The van der Waals surface area contributed by atoms with Crippen molar-refractivity contribution in [3.05, 3.63) is 59.2 Å². The van der Waals surface area contributed by atoms with Crippen molar-refractivity contribution in [3.8, 4) is 11.8 Å². The average molecular weight is 322 g/mol. The second-order valence-electron chi connectivity index (χ2n) is 5.13. The lowest BCUT2D eigenvalue weighted by molar-refractivity contribution is 0.259. The minimum atomic E-state index is -0.623. The highest BCUT2D eigenvalue weighted by atomic mass is 16.5. The number of nitrogen functional groups attached to an aromatic ring is 1. The van der Waals surface area contributed by atoms with Crippen LogP contribution in [0.4, 0.5) is 16.2 Å². The lowest BCUT2D eigenvalue weighted by Crippen LogP contribution is -2.19. The van der Waals surface area contributed by atoms with E-state index in [9.17, 15) is 4.79 Å². The zero-order valence-electron chi connectivity index (χ0n) is 13.5. The van der Waals surface area contributed by atoms with Gasteiger partial charge in [0.05, 0.1) is 11.6 Å². The van der Waals surface area contributed by atoms with Crippen molar-refractivity contribution >= 4 is 23.2 Å². The van der Waals surface area contributed by atoms with Crippen LogP contribution in [0.3, 0.4) is 0 Å². The number of allylic oxidation sites excluding steroid dienone is 1. The fraction of sp³-hybridized carbons (Fsp3) is 0.111. The maximum absolute atomic E-state index is 10.9. The smallest absolute Gasteiger partial charge is 0.316 e. The summed E-state index contributed by atoms with van der Waals surface area (Å²) in [6.07, 6.45) is 1.78. The summed E-state index contributed by atoms with van der Waals surface area (Å²) in [5.41, 5.74) is 14.2. The van der Waals surface area contributed by atoms with Crippen LogP contribution in [0.1, 0.15) is 23.6 Å². The van der Waals surface area contributed by atoms with Gasteiger partial charge >= 0.3 is 6.03 Å². The summed E-state index contributed by atoms with van der Waals surface area (Å²) in [7, 11) is 0. The maximum Gasteiger partial charge on any atom is 0.316 e. The zero-order valence-corrected chi connectivity index (χ0v) is 13.5. The molecule has 6 heteroatoms. The van der Waals surface area contributed by atoms with Crippen LogP contribution < -0.4 is 21.5 Å². The number of anilines is 2. The minimum Gasteiger partial charge on any atom is -0.457 e. The number of hydrogen-bond donors (Lipinski definition) is 3. The molecular formula is C18H18N4O2. The fourth-order valence-electron chi connectivity index (χ4n) is 2.21. The van der Waals surface area contributed by atoms with Crippen LogP contribution in [0.15, 0.2) is 42.5 Å². The molecule has 6 nitrogen and oxygen atoms in total. The van der Waals surface area contributed by atoms with E-state index in [2.05, 4.69) is 11.4 Å². The molecular weight excluding hydrogens is 304 g/mol. The molecule has 0 atom stereocenters. The van der Waals surface area contributed by atoms with Gasteiger partial charge in [-0.2, -0.15) is 5.26 Å². The van der Waals surface area contributed by atoms with E-state index in [1.165, 1.54) is 0 Å². The molecule has 0 aliphatic rings. The molecule has 0 fully saturated rings. The summed E-state index contributed by atoms with van der Waals surface area (Å²) in [5, 5.41) is 11.6. The van der Waals surface area contributed by atoms with Crippen LogP contribution in [0.25, 0.3) is 5.76 Å².